The summed E-state index contributed by atoms with van der Waals surface area (Å²) in [6, 6.07) is 3.31. The Bertz CT molecular complexity index is 388. The topological polar surface area (TPSA) is 45.2 Å². The van der Waals surface area contributed by atoms with Crippen LogP contribution in [0.25, 0.3) is 0 Å². The van der Waals surface area contributed by atoms with Gasteiger partial charge < -0.3 is 10.2 Å². The van der Waals surface area contributed by atoms with E-state index in [1.807, 2.05) is 0 Å². The van der Waals surface area contributed by atoms with Crippen LogP contribution in [0.5, 0.6) is 0 Å². The maximum atomic E-state index is 11.8. The van der Waals surface area contributed by atoms with Crippen LogP contribution in [0.1, 0.15) is 29.6 Å². The highest BCUT2D eigenvalue weighted by Crippen LogP contribution is 2.07. The fourth-order valence-corrected chi connectivity index (χ4v) is 2.23. The highest BCUT2D eigenvalue weighted by Gasteiger charge is 2.10. The molecule has 1 saturated heterocycles. The zero-order valence-corrected chi connectivity index (χ0v) is 11.1. The predicted octanol–water partition coefficient (Wildman–Crippen LogP) is 1.95. The van der Waals surface area contributed by atoms with E-state index >= 15 is 0 Å². The number of hydrogen-bond donors (Lipinski definition) is 1. The molecular formula is C13H18ClN3O. The number of rotatable bonds is 4. The van der Waals surface area contributed by atoms with E-state index in [9.17, 15) is 4.79 Å². The van der Waals surface area contributed by atoms with E-state index in [4.69, 9.17) is 11.6 Å². The lowest BCUT2D eigenvalue weighted by Crippen LogP contribution is -2.37. The Hall–Kier alpha value is -1.13. The van der Waals surface area contributed by atoms with Crippen molar-refractivity contribution < 1.29 is 4.79 Å². The molecule has 2 heterocycles. The monoisotopic (exact) mass is 267 g/mol. The molecule has 2 rings (SSSR count). The third-order valence-electron chi connectivity index (χ3n) is 3.15. The molecule has 1 aliphatic heterocycles. The molecule has 1 aromatic heterocycles. The second kappa shape index (κ2) is 6.71. The standard InChI is InChI=1S/C13H18ClN3O/c14-12-5-4-11(10-16-12)13(18)15-6-9-17-7-2-1-3-8-17/h4-5,10H,1-3,6-9H2,(H,15,18). The molecule has 0 atom stereocenters. The van der Waals surface area contributed by atoms with Gasteiger partial charge in [-0.1, -0.05) is 18.0 Å². The number of hydrogen-bond acceptors (Lipinski definition) is 3. The van der Waals surface area contributed by atoms with Gasteiger partial charge in [0.15, 0.2) is 0 Å². The number of aromatic nitrogens is 1. The molecule has 1 N–H and O–H groups in total. The quantitative estimate of drug-likeness (QED) is 0.848. The van der Waals surface area contributed by atoms with Crippen LogP contribution < -0.4 is 5.32 Å². The molecule has 0 radical (unpaired) electrons. The Morgan fingerprint density at radius 3 is 2.78 bits per heavy atom. The molecule has 0 unspecified atom stereocenters. The summed E-state index contributed by atoms with van der Waals surface area (Å²) in [4.78, 5) is 18.1. The number of halogens is 1. The summed E-state index contributed by atoms with van der Waals surface area (Å²) in [5, 5.41) is 3.30. The van der Waals surface area contributed by atoms with Crippen LogP contribution in [0.2, 0.25) is 5.15 Å². The van der Waals surface area contributed by atoms with Crippen molar-refractivity contribution in [2.75, 3.05) is 26.2 Å². The number of nitrogens with one attached hydrogen (secondary N) is 1. The third-order valence-corrected chi connectivity index (χ3v) is 3.38. The first-order valence-corrected chi connectivity index (χ1v) is 6.75. The van der Waals surface area contributed by atoms with Crippen molar-refractivity contribution in [3.63, 3.8) is 0 Å². The minimum absolute atomic E-state index is 0.0869. The summed E-state index contributed by atoms with van der Waals surface area (Å²) in [7, 11) is 0. The molecule has 1 fully saturated rings. The van der Waals surface area contributed by atoms with Gasteiger partial charge in [0.25, 0.3) is 5.91 Å². The molecule has 1 aromatic rings. The van der Waals surface area contributed by atoms with Crippen LogP contribution in [-0.4, -0.2) is 42.0 Å². The van der Waals surface area contributed by atoms with Crippen molar-refractivity contribution in [2.24, 2.45) is 0 Å². The Kier molecular flexibility index (Phi) is 4.96. The summed E-state index contributed by atoms with van der Waals surface area (Å²) in [5.41, 5.74) is 0.554. The summed E-state index contributed by atoms with van der Waals surface area (Å²) >= 11 is 5.67. The SMILES string of the molecule is O=C(NCCN1CCCCC1)c1ccc(Cl)nc1. The lowest BCUT2D eigenvalue weighted by Gasteiger charge is -2.26. The van der Waals surface area contributed by atoms with Gasteiger partial charge in [-0.05, 0) is 38.1 Å². The molecule has 0 aromatic carbocycles. The molecular weight excluding hydrogens is 250 g/mol. The Morgan fingerprint density at radius 1 is 1.33 bits per heavy atom. The van der Waals surface area contributed by atoms with E-state index in [0.29, 0.717) is 17.3 Å². The second-order valence-corrected chi connectivity index (χ2v) is 4.92. The summed E-state index contributed by atoms with van der Waals surface area (Å²) in [6.45, 7) is 3.91. The number of carbonyl (C=O) groups is 1. The van der Waals surface area contributed by atoms with E-state index in [0.717, 1.165) is 19.6 Å². The van der Waals surface area contributed by atoms with Gasteiger partial charge in [-0.2, -0.15) is 0 Å². The van der Waals surface area contributed by atoms with Crippen molar-refractivity contribution in [3.8, 4) is 0 Å². The second-order valence-electron chi connectivity index (χ2n) is 4.53. The fraction of sp³-hybridized carbons (Fsp3) is 0.538. The molecule has 0 saturated carbocycles. The van der Waals surface area contributed by atoms with Crippen LogP contribution in [-0.2, 0) is 0 Å². The number of carbonyl (C=O) groups excluding carboxylic acids is 1. The Morgan fingerprint density at radius 2 is 2.11 bits per heavy atom. The normalized spacial score (nSPS) is 16.5. The Labute approximate surface area is 112 Å². The van der Waals surface area contributed by atoms with Gasteiger partial charge in [0.05, 0.1) is 5.56 Å². The number of pyridine rings is 1. The molecule has 0 spiro atoms. The highest BCUT2D eigenvalue weighted by atomic mass is 35.5. The maximum absolute atomic E-state index is 11.8. The lowest BCUT2D eigenvalue weighted by molar-refractivity contribution is 0.0946. The summed E-state index contributed by atoms with van der Waals surface area (Å²) in [5.74, 6) is -0.0869. The first kappa shape index (κ1) is 13.3. The molecule has 98 valence electrons. The number of likely N-dealkylation sites (tertiary alicyclic amines) is 1. The average Bonchev–Trinajstić information content (AvgIpc) is 2.40. The van der Waals surface area contributed by atoms with Crippen molar-refractivity contribution in [3.05, 3.63) is 29.0 Å². The van der Waals surface area contributed by atoms with E-state index < -0.39 is 0 Å². The van der Waals surface area contributed by atoms with E-state index in [1.165, 1.54) is 25.5 Å². The molecule has 0 aliphatic carbocycles. The van der Waals surface area contributed by atoms with Crippen LogP contribution in [0.4, 0.5) is 0 Å². The molecule has 1 amide bonds. The van der Waals surface area contributed by atoms with Crippen LogP contribution in [0.3, 0.4) is 0 Å². The zero-order chi connectivity index (χ0) is 12.8. The van der Waals surface area contributed by atoms with Crippen LogP contribution >= 0.6 is 11.6 Å². The van der Waals surface area contributed by atoms with E-state index in [-0.39, 0.29) is 5.91 Å². The van der Waals surface area contributed by atoms with Crippen molar-refractivity contribution in [2.45, 2.75) is 19.3 Å². The fourth-order valence-electron chi connectivity index (χ4n) is 2.12. The minimum atomic E-state index is -0.0869. The molecule has 5 heteroatoms. The predicted molar refractivity (Wildman–Crippen MR) is 71.9 cm³/mol. The van der Waals surface area contributed by atoms with E-state index in [2.05, 4.69) is 15.2 Å². The lowest BCUT2D eigenvalue weighted by atomic mass is 10.1. The maximum Gasteiger partial charge on any atom is 0.252 e. The number of amides is 1. The van der Waals surface area contributed by atoms with E-state index in [1.54, 1.807) is 12.1 Å². The summed E-state index contributed by atoms with van der Waals surface area (Å²) in [6.07, 6.45) is 5.38. The van der Waals surface area contributed by atoms with Crippen LogP contribution in [0.15, 0.2) is 18.3 Å². The smallest absolute Gasteiger partial charge is 0.252 e. The average molecular weight is 268 g/mol. The molecule has 18 heavy (non-hydrogen) atoms. The van der Waals surface area contributed by atoms with Crippen molar-refractivity contribution in [1.29, 1.82) is 0 Å². The van der Waals surface area contributed by atoms with Gasteiger partial charge in [0.1, 0.15) is 5.15 Å². The largest absolute Gasteiger partial charge is 0.351 e. The molecule has 4 nitrogen and oxygen atoms in total. The van der Waals surface area contributed by atoms with Gasteiger partial charge in [-0.25, -0.2) is 4.98 Å². The highest BCUT2D eigenvalue weighted by molar-refractivity contribution is 6.29. The van der Waals surface area contributed by atoms with Gasteiger partial charge in [0, 0.05) is 19.3 Å². The summed E-state index contributed by atoms with van der Waals surface area (Å²) < 4.78 is 0. The van der Waals surface area contributed by atoms with Gasteiger partial charge in [-0.15, -0.1) is 0 Å². The van der Waals surface area contributed by atoms with Gasteiger partial charge >= 0.3 is 0 Å². The van der Waals surface area contributed by atoms with Gasteiger partial charge in [-0.3, -0.25) is 4.79 Å². The molecule has 0 bridgehead atoms. The zero-order valence-electron chi connectivity index (χ0n) is 10.4. The van der Waals surface area contributed by atoms with Crippen molar-refractivity contribution >= 4 is 17.5 Å². The first-order valence-electron chi connectivity index (χ1n) is 6.38. The van der Waals surface area contributed by atoms with Crippen LogP contribution in [0, 0.1) is 0 Å². The van der Waals surface area contributed by atoms with Gasteiger partial charge in [0.2, 0.25) is 0 Å². The number of piperidine rings is 1. The number of nitrogens with zero attached hydrogens (tertiary/aromatic N) is 2. The first-order chi connectivity index (χ1) is 8.75. The molecule has 1 aliphatic rings. The minimum Gasteiger partial charge on any atom is -0.351 e. The van der Waals surface area contributed by atoms with Crippen molar-refractivity contribution in [1.82, 2.24) is 15.2 Å². The third kappa shape index (κ3) is 3.96. The Balaban J connectivity index is 1.72.